The number of aromatic nitrogens is 2. The summed E-state index contributed by atoms with van der Waals surface area (Å²) in [5.74, 6) is 0.793. The number of rotatable bonds is 2. The Morgan fingerprint density at radius 2 is 1.75 bits per heavy atom. The first-order valence-electron chi connectivity index (χ1n) is 5.84. The van der Waals surface area contributed by atoms with Crippen molar-refractivity contribution in [2.45, 2.75) is 0 Å². The highest BCUT2D eigenvalue weighted by Crippen LogP contribution is 2.29. The molecule has 1 heterocycles. The number of H-pyrrole nitrogens is 1. The molecule has 2 aromatic carbocycles. The number of methoxy groups -OCH3 is 1. The maximum Gasteiger partial charge on any atom is 0.182 e. The van der Waals surface area contributed by atoms with E-state index in [2.05, 4.69) is 4.98 Å². The Labute approximate surface area is 130 Å². The summed E-state index contributed by atoms with van der Waals surface area (Å²) < 4.78 is 7.65. The Balaban J connectivity index is 2.26. The molecule has 3 rings (SSSR count). The predicted octanol–water partition coefficient (Wildman–Crippen LogP) is 5.00. The van der Waals surface area contributed by atoms with E-state index in [9.17, 15) is 0 Å². The van der Waals surface area contributed by atoms with Crippen LogP contribution in [0.5, 0.6) is 5.75 Å². The molecule has 0 bridgehead atoms. The summed E-state index contributed by atoms with van der Waals surface area (Å²) in [7, 11) is 1.63. The van der Waals surface area contributed by atoms with Gasteiger partial charge in [-0.1, -0.05) is 23.2 Å². The third-order valence-electron chi connectivity index (χ3n) is 3.05. The molecule has 0 amide bonds. The molecule has 0 saturated heterocycles. The van der Waals surface area contributed by atoms with Crippen LogP contribution < -0.4 is 4.74 Å². The standard InChI is InChI=1S/C14H10Cl2N2OS/c1-19-9-4-2-8(3-5-9)18-13-7-11(16)10(15)6-12(13)17-14(18)20/h2-7H,1H3,(H,17,20). The zero-order valence-electron chi connectivity index (χ0n) is 10.5. The smallest absolute Gasteiger partial charge is 0.182 e. The van der Waals surface area contributed by atoms with Crippen LogP contribution >= 0.6 is 35.4 Å². The number of halogens is 2. The number of ether oxygens (including phenoxy) is 1. The van der Waals surface area contributed by atoms with Gasteiger partial charge in [-0.05, 0) is 48.6 Å². The minimum atomic E-state index is 0.496. The molecule has 0 radical (unpaired) electrons. The van der Waals surface area contributed by atoms with Gasteiger partial charge in [-0.2, -0.15) is 0 Å². The van der Waals surface area contributed by atoms with Crippen LogP contribution in [0, 0.1) is 4.77 Å². The molecule has 102 valence electrons. The van der Waals surface area contributed by atoms with Gasteiger partial charge in [0.25, 0.3) is 0 Å². The molecule has 0 saturated carbocycles. The SMILES string of the molecule is COc1ccc(-n2c(=S)[nH]c3cc(Cl)c(Cl)cc32)cc1. The lowest BCUT2D eigenvalue weighted by atomic mass is 10.2. The third kappa shape index (κ3) is 2.20. The monoisotopic (exact) mass is 324 g/mol. The van der Waals surface area contributed by atoms with Crippen molar-refractivity contribution in [3.63, 3.8) is 0 Å². The van der Waals surface area contributed by atoms with Crippen molar-refractivity contribution < 1.29 is 4.74 Å². The van der Waals surface area contributed by atoms with Gasteiger partial charge in [-0.15, -0.1) is 0 Å². The number of imidazole rings is 1. The van der Waals surface area contributed by atoms with Gasteiger partial charge < -0.3 is 9.72 Å². The van der Waals surface area contributed by atoms with E-state index in [-0.39, 0.29) is 0 Å². The van der Waals surface area contributed by atoms with Crippen molar-refractivity contribution in [3.8, 4) is 11.4 Å². The molecular weight excluding hydrogens is 315 g/mol. The van der Waals surface area contributed by atoms with E-state index in [1.807, 2.05) is 28.8 Å². The lowest BCUT2D eigenvalue weighted by Gasteiger charge is -2.06. The Morgan fingerprint density at radius 1 is 1.10 bits per heavy atom. The third-order valence-corrected chi connectivity index (χ3v) is 4.06. The number of nitrogens with one attached hydrogen (secondary N) is 1. The highest BCUT2D eigenvalue weighted by molar-refractivity contribution is 7.71. The fourth-order valence-electron chi connectivity index (χ4n) is 2.09. The molecule has 6 heteroatoms. The van der Waals surface area contributed by atoms with Gasteiger partial charge in [0.05, 0.1) is 28.2 Å². The summed E-state index contributed by atoms with van der Waals surface area (Å²) in [5, 5.41) is 0.993. The summed E-state index contributed by atoms with van der Waals surface area (Å²) in [4.78, 5) is 3.13. The van der Waals surface area contributed by atoms with Crippen molar-refractivity contribution >= 4 is 46.5 Å². The summed E-state index contributed by atoms with van der Waals surface area (Å²) in [6.45, 7) is 0. The highest BCUT2D eigenvalue weighted by atomic mass is 35.5. The van der Waals surface area contributed by atoms with Crippen LogP contribution in [0.15, 0.2) is 36.4 Å². The van der Waals surface area contributed by atoms with Crippen LogP contribution in [0.3, 0.4) is 0 Å². The van der Waals surface area contributed by atoms with Gasteiger partial charge in [0, 0.05) is 5.69 Å². The first-order valence-corrected chi connectivity index (χ1v) is 7.01. The molecule has 0 aliphatic heterocycles. The van der Waals surface area contributed by atoms with Crippen LogP contribution in [-0.4, -0.2) is 16.7 Å². The molecule has 3 aromatic rings. The number of nitrogens with zero attached hydrogens (tertiary/aromatic N) is 1. The van der Waals surface area contributed by atoms with Gasteiger partial charge in [-0.3, -0.25) is 4.57 Å². The zero-order chi connectivity index (χ0) is 14.3. The molecule has 0 spiro atoms. The number of hydrogen-bond donors (Lipinski definition) is 1. The molecule has 0 aliphatic rings. The topological polar surface area (TPSA) is 29.9 Å². The molecular formula is C14H10Cl2N2OS. The average molecular weight is 325 g/mol. The first kappa shape index (κ1) is 13.5. The Kier molecular flexibility index (Phi) is 3.46. The Bertz CT molecular complexity index is 837. The van der Waals surface area contributed by atoms with E-state index in [1.165, 1.54) is 0 Å². The van der Waals surface area contributed by atoms with Gasteiger partial charge in [0.15, 0.2) is 4.77 Å². The van der Waals surface area contributed by atoms with Gasteiger partial charge in [-0.25, -0.2) is 0 Å². The normalized spacial score (nSPS) is 10.9. The van der Waals surface area contributed by atoms with E-state index in [0.29, 0.717) is 14.8 Å². The largest absolute Gasteiger partial charge is 0.497 e. The summed E-state index contributed by atoms with van der Waals surface area (Å²) >= 11 is 17.5. The van der Waals surface area contributed by atoms with E-state index in [4.69, 9.17) is 40.2 Å². The number of hydrogen-bond acceptors (Lipinski definition) is 2. The van der Waals surface area contributed by atoms with Gasteiger partial charge in [0.1, 0.15) is 5.75 Å². The van der Waals surface area contributed by atoms with E-state index in [0.717, 1.165) is 22.5 Å². The molecule has 0 aliphatic carbocycles. The van der Waals surface area contributed by atoms with Crippen LogP contribution in [0.2, 0.25) is 10.0 Å². The fourth-order valence-corrected chi connectivity index (χ4v) is 2.72. The number of benzene rings is 2. The number of aromatic amines is 1. The number of fused-ring (bicyclic) bond motifs is 1. The van der Waals surface area contributed by atoms with Crippen LogP contribution in [-0.2, 0) is 0 Å². The first-order chi connectivity index (χ1) is 9.60. The van der Waals surface area contributed by atoms with Crippen LogP contribution in [0.4, 0.5) is 0 Å². The predicted molar refractivity (Wildman–Crippen MR) is 85.0 cm³/mol. The average Bonchev–Trinajstić information content (AvgIpc) is 2.75. The van der Waals surface area contributed by atoms with Crippen molar-refractivity contribution in [3.05, 3.63) is 51.2 Å². The highest BCUT2D eigenvalue weighted by Gasteiger charge is 2.09. The van der Waals surface area contributed by atoms with Crippen molar-refractivity contribution in [1.29, 1.82) is 0 Å². The lowest BCUT2D eigenvalue weighted by Crippen LogP contribution is -1.94. The van der Waals surface area contributed by atoms with Crippen molar-refractivity contribution in [2.24, 2.45) is 0 Å². The molecule has 1 N–H and O–H groups in total. The minimum Gasteiger partial charge on any atom is -0.497 e. The molecule has 20 heavy (non-hydrogen) atoms. The quantitative estimate of drug-likeness (QED) is 0.672. The summed E-state index contributed by atoms with van der Waals surface area (Å²) in [6, 6.07) is 11.2. The summed E-state index contributed by atoms with van der Waals surface area (Å²) in [5.41, 5.74) is 2.66. The molecule has 0 unspecified atom stereocenters. The summed E-state index contributed by atoms with van der Waals surface area (Å²) in [6.07, 6.45) is 0. The molecule has 1 aromatic heterocycles. The zero-order valence-corrected chi connectivity index (χ0v) is 12.8. The maximum atomic E-state index is 6.09. The van der Waals surface area contributed by atoms with Crippen molar-refractivity contribution in [1.82, 2.24) is 9.55 Å². The Morgan fingerprint density at radius 3 is 2.40 bits per heavy atom. The van der Waals surface area contributed by atoms with Crippen LogP contribution in [0.1, 0.15) is 0 Å². The molecule has 3 nitrogen and oxygen atoms in total. The Hall–Kier alpha value is -1.49. The van der Waals surface area contributed by atoms with Gasteiger partial charge in [0.2, 0.25) is 0 Å². The van der Waals surface area contributed by atoms with E-state index >= 15 is 0 Å². The molecule has 0 fully saturated rings. The maximum absolute atomic E-state index is 6.09. The minimum absolute atomic E-state index is 0.496. The van der Waals surface area contributed by atoms with E-state index in [1.54, 1.807) is 19.2 Å². The second-order valence-electron chi connectivity index (χ2n) is 4.25. The molecule has 0 atom stereocenters. The fraction of sp³-hybridized carbons (Fsp3) is 0.0714. The lowest BCUT2D eigenvalue weighted by molar-refractivity contribution is 0.415. The second kappa shape index (κ2) is 5.13. The van der Waals surface area contributed by atoms with Gasteiger partial charge >= 0.3 is 0 Å². The second-order valence-corrected chi connectivity index (χ2v) is 5.45. The van der Waals surface area contributed by atoms with Crippen molar-refractivity contribution in [2.75, 3.05) is 7.11 Å². The van der Waals surface area contributed by atoms with Crippen LogP contribution in [0.25, 0.3) is 16.7 Å². The van der Waals surface area contributed by atoms with E-state index < -0.39 is 0 Å².